The van der Waals surface area contributed by atoms with E-state index in [2.05, 4.69) is 34.2 Å². The van der Waals surface area contributed by atoms with Gasteiger partial charge in [0, 0.05) is 29.6 Å². The lowest BCUT2D eigenvalue weighted by Crippen LogP contribution is -2.13. The highest BCUT2D eigenvalue weighted by atomic mass is 19.1. The van der Waals surface area contributed by atoms with Crippen LogP contribution in [0, 0.1) is 5.82 Å². The van der Waals surface area contributed by atoms with E-state index in [4.69, 9.17) is 0 Å². The fourth-order valence-corrected chi connectivity index (χ4v) is 2.60. The van der Waals surface area contributed by atoms with Crippen molar-refractivity contribution < 1.29 is 4.39 Å². The first-order chi connectivity index (χ1) is 11.7. The van der Waals surface area contributed by atoms with Crippen LogP contribution in [0.4, 0.5) is 4.39 Å². The lowest BCUT2D eigenvalue weighted by molar-refractivity contribution is 0.631. The normalized spacial score (nSPS) is 10.5. The van der Waals surface area contributed by atoms with Gasteiger partial charge in [0.05, 0.1) is 6.20 Å². The summed E-state index contributed by atoms with van der Waals surface area (Å²) in [6.45, 7) is 4.83. The highest BCUT2D eigenvalue weighted by Crippen LogP contribution is 2.23. The molecule has 0 spiro atoms. The Kier molecular flexibility index (Phi) is 5.06. The number of rotatable bonds is 7. The van der Waals surface area contributed by atoms with Crippen molar-refractivity contribution in [3.05, 3.63) is 84.4 Å². The maximum atomic E-state index is 13.8. The second-order valence-corrected chi connectivity index (χ2v) is 5.67. The zero-order valence-electron chi connectivity index (χ0n) is 13.4. The second-order valence-electron chi connectivity index (χ2n) is 5.67. The summed E-state index contributed by atoms with van der Waals surface area (Å²) < 4.78 is 13.8. The minimum Gasteiger partial charge on any atom is -0.385 e. The minimum absolute atomic E-state index is 0.188. The molecule has 122 valence electrons. The Balaban J connectivity index is 1.50. The molecule has 3 aromatic rings. The van der Waals surface area contributed by atoms with E-state index in [0.29, 0.717) is 5.56 Å². The van der Waals surface area contributed by atoms with Crippen molar-refractivity contribution in [1.82, 2.24) is 15.5 Å². The zero-order chi connectivity index (χ0) is 16.8. The Morgan fingerprint density at radius 1 is 1.12 bits per heavy atom. The third-order valence-electron chi connectivity index (χ3n) is 3.97. The smallest absolute Gasteiger partial charge is 0.131 e. The fraction of sp³-hybridized carbons (Fsp3) is 0.150. The average Bonchev–Trinajstić information content (AvgIpc) is 3.14. The summed E-state index contributed by atoms with van der Waals surface area (Å²) in [6.07, 6.45) is 5.52. The summed E-state index contributed by atoms with van der Waals surface area (Å²) in [5, 5.41) is 9.97. The third-order valence-corrected chi connectivity index (χ3v) is 3.97. The van der Waals surface area contributed by atoms with E-state index in [-0.39, 0.29) is 5.82 Å². The number of nitrogens with zero attached hydrogens (tertiary/aromatic N) is 1. The first-order valence-electron chi connectivity index (χ1n) is 8.00. The van der Waals surface area contributed by atoms with Gasteiger partial charge in [0.15, 0.2) is 0 Å². The molecule has 0 aliphatic rings. The number of benzene rings is 2. The van der Waals surface area contributed by atoms with Crippen molar-refractivity contribution in [2.24, 2.45) is 0 Å². The largest absolute Gasteiger partial charge is 0.385 e. The predicted octanol–water partition coefficient (Wildman–Crippen LogP) is 4.41. The first-order valence-corrected chi connectivity index (χ1v) is 8.00. The van der Waals surface area contributed by atoms with Gasteiger partial charge in [-0.25, -0.2) is 4.39 Å². The fourth-order valence-electron chi connectivity index (χ4n) is 2.60. The van der Waals surface area contributed by atoms with Crippen LogP contribution in [0.5, 0.6) is 0 Å². The van der Waals surface area contributed by atoms with Crippen molar-refractivity contribution in [3.63, 3.8) is 0 Å². The highest BCUT2D eigenvalue weighted by molar-refractivity contribution is 5.64. The third kappa shape index (κ3) is 3.90. The summed E-state index contributed by atoms with van der Waals surface area (Å²) in [5.74, 6) is -0.188. The molecule has 0 amide bonds. The molecule has 0 aliphatic carbocycles. The Labute approximate surface area is 141 Å². The van der Waals surface area contributed by atoms with E-state index in [1.54, 1.807) is 18.3 Å². The van der Waals surface area contributed by atoms with Crippen LogP contribution >= 0.6 is 0 Å². The summed E-state index contributed by atoms with van der Waals surface area (Å²) in [6, 6.07) is 14.9. The molecule has 0 saturated heterocycles. The zero-order valence-corrected chi connectivity index (χ0v) is 13.4. The lowest BCUT2D eigenvalue weighted by Gasteiger charge is -2.08. The number of nitrogens with one attached hydrogen (secondary N) is 2. The number of aromatic nitrogens is 2. The van der Waals surface area contributed by atoms with Crippen molar-refractivity contribution in [1.29, 1.82) is 0 Å². The molecule has 2 aromatic carbocycles. The molecular formula is C20H20FN3. The van der Waals surface area contributed by atoms with Gasteiger partial charge in [-0.3, -0.25) is 5.10 Å². The van der Waals surface area contributed by atoms with Gasteiger partial charge in [-0.2, -0.15) is 5.10 Å². The summed E-state index contributed by atoms with van der Waals surface area (Å²) in [5.41, 5.74) is 4.64. The maximum absolute atomic E-state index is 13.8. The van der Waals surface area contributed by atoms with E-state index in [1.807, 2.05) is 24.4 Å². The van der Waals surface area contributed by atoms with Crippen LogP contribution in [-0.2, 0) is 6.42 Å². The number of hydrogen-bond donors (Lipinski definition) is 2. The number of halogens is 1. The predicted molar refractivity (Wildman–Crippen MR) is 95.8 cm³/mol. The van der Waals surface area contributed by atoms with Crippen LogP contribution in [0.3, 0.4) is 0 Å². The van der Waals surface area contributed by atoms with Gasteiger partial charge in [0.2, 0.25) is 0 Å². The van der Waals surface area contributed by atoms with Gasteiger partial charge in [0.25, 0.3) is 0 Å². The number of aromatic amines is 1. The van der Waals surface area contributed by atoms with Crippen LogP contribution < -0.4 is 5.32 Å². The molecular weight excluding hydrogens is 301 g/mol. The Hall–Kier alpha value is -2.88. The molecule has 0 atom stereocenters. The molecule has 24 heavy (non-hydrogen) atoms. The van der Waals surface area contributed by atoms with Gasteiger partial charge in [-0.15, -0.1) is 0 Å². The van der Waals surface area contributed by atoms with Crippen molar-refractivity contribution in [3.8, 4) is 11.1 Å². The topological polar surface area (TPSA) is 40.7 Å². The van der Waals surface area contributed by atoms with Gasteiger partial charge >= 0.3 is 0 Å². The Morgan fingerprint density at radius 3 is 2.62 bits per heavy atom. The van der Waals surface area contributed by atoms with E-state index in [0.717, 1.165) is 36.2 Å². The molecule has 1 aromatic heterocycles. The van der Waals surface area contributed by atoms with Crippen LogP contribution in [0.15, 0.2) is 67.5 Å². The highest BCUT2D eigenvalue weighted by Gasteiger charge is 2.04. The van der Waals surface area contributed by atoms with Gasteiger partial charge < -0.3 is 5.32 Å². The van der Waals surface area contributed by atoms with E-state index in [9.17, 15) is 4.39 Å². The van der Waals surface area contributed by atoms with Crippen LogP contribution in [-0.4, -0.2) is 16.7 Å². The molecule has 0 aliphatic heterocycles. The van der Waals surface area contributed by atoms with Crippen molar-refractivity contribution >= 4 is 5.70 Å². The van der Waals surface area contributed by atoms with Crippen LogP contribution in [0.1, 0.15) is 17.5 Å². The molecule has 4 heteroatoms. The quantitative estimate of drug-likeness (QED) is 0.633. The summed E-state index contributed by atoms with van der Waals surface area (Å²) in [4.78, 5) is 0. The number of hydrogen-bond acceptors (Lipinski definition) is 2. The van der Waals surface area contributed by atoms with Gasteiger partial charge in [-0.05, 0) is 30.0 Å². The number of aryl methyl sites for hydroxylation is 1. The molecule has 0 radical (unpaired) electrons. The van der Waals surface area contributed by atoms with Crippen LogP contribution in [0.2, 0.25) is 0 Å². The number of H-pyrrole nitrogens is 1. The molecule has 3 rings (SSSR count). The molecule has 0 bridgehead atoms. The Morgan fingerprint density at radius 2 is 1.92 bits per heavy atom. The molecule has 3 nitrogen and oxygen atoms in total. The van der Waals surface area contributed by atoms with E-state index < -0.39 is 0 Å². The van der Waals surface area contributed by atoms with Crippen LogP contribution in [0.25, 0.3) is 16.8 Å². The summed E-state index contributed by atoms with van der Waals surface area (Å²) in [7, 11) is 0. The van der Waals surface area contributed by atoms with E-state index in [1.165, 1.54) is 11.6 Å². The van der Waals surface area contributed by atoms with Gasteiger partial charge in [0.1, 0.15) is 5.82 Å². The molecule has 2 N–H and O–H groups in total. The van der Waals surface area contributed by atoms with Gasteiger partial charge in [-0.1, -0.05) is 49.0 Å². The molecule has 0 unspecified atom stereocenters. The average molecular weight is 321 g/mol. The minimum atomic E-state index is -0.188. The maximum Gasteiger partial charge on any atom is 0.131 e. The lowest BCUT2D eigenvalue weighted by atomic mass is 10.0. The Bertz CT molecular complexity index is 792. The molecule has 0 fully saturated rings. The van der Waals surface area contributed by atoms with E-state index >= 15 is 0 Å². The molecule has 1 heterocycles. The standard InChI is InChI=1S/C20H20FN3/c1-15(18-13-23-24-14-18)22-12-4-5-16-8-10-17(11-9-16)19-6-2-3-7-20(19)21/h2-3,6-11,13-14,22H,1,4-5,12H2,(H,23,24). The SMILES string of the molecule is C=C(NCCCc1ccc(-c2ccccc2F)cc1)c1cn[nH]c1. The van der Waals surface area contributed by atoms with Crippen molar-refractivity contribution in [2.45, 2.75) is 12.8 Å². The van der Waals surface area contributed by atoms with Crippen molar-refractivity contribution in [2.75, 3.05) is 6.54 Å². The second kappa shape index (κ2) is 7.59. The molecule has 0 saturated carbocycles. The monoisotopic (exact) mass is 321 g/mol. The summed E-state index contributed by atoms with van der Waals surface area (Å²) >= 11 is 0. The first kappa shape index (κ1) is 16.0.